The first-order valence-corrected chi connectivity index (χ1v) is 11.7. The summed E-state index contributed by atoms with van der Waals surface area (Å²) in [7, 11) is 0. The highest BCUT2D eigenvalue weighted by Crippen LogP contribution is 2.23. The van der Waals surface area contributed by atoms with Crippen LogP contribution in [0, 0.1) is 6.92 Å². The summed E-state index contributed by atoms with van der Waals surface area (Å²) in [5.41, 5.74) is 3.29. The van der Waals surface area contributed by atoms with Gasteiger partial charge in [-0.1, -0.05) is 30.3 Å². The summed E-state index contributed by atoms with van der Waals surface area (Å²) < 4.78 is 5.80. The van der Waals surface area contributed by atoms with Gasteiger partial charge in [-0.2, -0.15) is 0 Å². The zero-order valence-electron chi connectivity index (χ0n) is 19.3. The van der Waals surface area contributed by atoms with Crippen molar-refractivity contribution in [2.75, 3.05) is 11.9 Å². The van der Waals surface area contributed by atoms with Crippen LogP contribution in [0.15, 0.2) is 59.1 Å². The lowest BCUT2D eigenvalue weighted by molar-refractivity contribution is -0.116. The average Bonchev–Trinajstić information content (AvgIpc) is 3.30. The van der Waals surface area contributed by atoms with Gasteiger partial charge in [0.05, 0.1) is 6.20 Å². The van der Waals surface area contributed by atoms with Crippen LogP contribution in [-0.4, -0.2) is 34.3 Å². The molecule has 1 unspecified atom stereocenters. The molecule has 2 heterocycles. The molecule has 1 aliphatic heterocycles. The topological polar surface area (TPSA) is 75.4 Å². The zero-order valence-corrected chi connectivity index (χ0v) is 19.3. The van der Waals surface area contributed by atoms with Crippen molar-refractivity contribution in [1.82, 2.24) is 9.88 Å². The van der Waals surface area contributed by atoms with Gasteiger partial charge in [0.15, 0.2) is 11.7 Å². The average molecular weight is 446 g/mol. The van der Waals surface area contributed by atoms with Crippen LogP contribution in [0.25, 0.3) is 11.3 Å². The third-order valence-corrected chi connectivity index (χ3v) is 6.22. The summed E-state index contributed by atoms with van der Waals surface area (Å²) in [4.78, 5) is 31.6. The van der Waals surface area contributed by atoms with Gasteiger partial charge in [0.1, 0.15) is 0 Å². The molecular formula is C27H31N3O3. The minimum atomic E-state index is -0.0586. The first kappa shape index (κ1) is 22.8. The van der Waals surface area contributed by atoms with Gasteiger partial charge in [-0.05, 0) is 63.3 Å². The Hall–Kier alpha value is -3.41. The summed E-state index contributed by atoms with van der Waals surface area (Å²) in [5, 5.41) is 2.97. The number of piperidine rings is 1. The molecule has 33 heavy (non-hydrogen) atoms. The number of aromatic nitrogens is 1. The molecule has 1 aromatic heterocycles. The van der Waals surface area contributed by atoms with E-state index < -0.39 is 0 Å². The Labute approximate surface area is 195 Å². The van der Waals surface area contributed by atoms with Crippen LogP contribution in [0.4, 0.5) is 5.69 Å². The fourth-order valence-corrected chi connectivity index (χ4v) is 4.28. The van der Waals surface area contributed by atoms with E-state index >= 15 is 0 Å². The predicted octanol–water partition coefficient (Wildman–Crippen LogP) is 5.63. The Morgan fingerprint density at radius 1 is 1.15 bits per heavy atom. The van der Waals surface area contributed by atoms with E-state index in [1.165, 1.54) is 6.42 Å². The van der Waals surface area contributed by atoms with Crippen molar-refractivity contribution >= 4 is 17.5 Å². The van der Waals surface area contributed by atoms with E-state index in [9.17, 15) is 9.59 Å². The van der Waals surface area contributed by atoms with E-state index in [0.29, 0.717) is 30.7 Å². The Kier molecular flexibility index (Phi) is 7.23. The minimum absolute atomic E-state index is 0.0586. The lowest BCUT2D eigenvalue weighted by Gasteiger charge is -2.33. The number of nitrogens with one attached hydrogen (secondary N) is 1. The fourth-order valence-electron chi connectivity index (χ4n) is 4.28. The Morgan fingerprint density at radius 3 is 2.73 bits per heavy atom. The Morgan fingerprint density at radius 2 is 1.97 bits per heavy atom. The van der Waals surface area contributed by atoms with Crippen LogP contribution in [0.2, 0.25) is 0 Å². The molecule has 6 nitrogen and oxygen atoms in total. The van der Waals surface area contributed by atoms with Crippen LogP contribution in [0.3, 0.4) is 0 Å². The molecule has 1 aliphatic rings. The fraction of sp³-hybridized carbons (Fsp3) is 0.370. The number of oxazole rings is 1. The number of likely N-dealkylation sites (tertiary alicyclic amines) is 1. The molecule has 4 rings (SSSR count). The van der Waals surface area contributed by atoms with Gasteiger partial charge in [0, 0.05) is 42.2 Å². The number of hydrogen-bond donors (Lipinski definition) is 1. The smallest absolute Gasteiger partial charge is 0.254 e. The standard InChI is InChI=1S/C27H31N3O3/c1-19-17-22(27(32)30-16-7-6-9-20(30)2)14-15-23(19)29-25(31)12-8-13-26-28-18-24(33-26)21-10-4-3-5-11-21/h3-5,10-11,14-15,17-18,20H,6-9,12-13,16H2,1-2H3,(H,29,31). The van der Waals surface area contributed by atoms with Crippen molar-refractivity contribution in [2.24, 2.45) is 0 Å². The number of rotatable bonds is 7. The van der Waals surface area contributed by atoms with Gasteiger partial charge >= 0.3 is 0 Å². The molecule has 6 heteroatoms. The van der Waals surface area contributed by atoms with Gasteiger partial charge in [0.25, 0.3) is 5.91 Å². The normalized spacial score (nSPS) is 15.9. The lowest BCUT2D eigenvalue weighted by Crippen LogP contribution is -2.42. The van der Waals surface area contributed by atoms with Gasteiger partial charge in [0.2, 0.25) is 5.91 Å². The molecular weight excluding hydrogens is 414 g/mol. The summed E-state index contributed by atoms with van der Waals surface area (Å²) in [6, 6.07) is 15.6. The van der Waals surface area contributed by atoms with Crippen LogP contribution in [0.1, 0.15) is 60.8 Å². The quantitative estimate of drug-likeness (QED) is 0.512. The van der Waals surface area contributed by atoms with E-state index in [0.717, 1.165) is 42.0 Å². The van der Waals surface area contributed by atoms with Gasteiger partial charge in [-0.25, -0.2) is 4.98 Å². The molecule has 0 aliphatic carbocycles. The van der Waals surface area contributed by atoms with Gasteiger partial charge in [-0.15, -0.1) is 0 Å². The van der Waals surface area contributed by atoms with Crippen molar-refractivity contribution in [3.8, 4) is 11.3 Å². The van der Waals surface area contributed by atoms with Crippen molar-refractivity contribution in [2.45, 2.75) is 58.4 Å². The first-order valence-electron chi connectivity index (χ1n) is 11.7. The predicted molar refractivity (Wildman–Crippen MR) is 129 cm³/mol. The summed E-state index contributed by atoms with van der Waals surface area (Å²) >= 11 is 0. The van der Waals surface area contributed by atoms with Crippen molar-refractivity contribution in [3.05, 3.63) is 71.7 Å². The third-order valence-electron chi connectivity index (χ3n) is 6.22. The number of benzene rings is 2. The molecule has 3 aromatic rings. The molecule has 1 saturated heterocycles. The highest BCUT2D eigenvalue weighted by molar-refractivity contribution is 5.96. The molecule has 1 atom stereocenters. The summed E-state index contributed by atoms with van der Waals surface area (Å²) in [5.74, 6) is 1.38. The maximum absolute atomic E-state index is 12.9. The second-order valence-electron chi connectivity index (χ2n) is 8.76. The molecule has 2 aromatic carbocycles. The number of hydrogen-bond acceptors (Lipinski definition) is 4. The molecule has 0 radical (unpaired) electrons. The lowest BCUT2D eigenvalue weighted by atomic mass is 10.0. The van der Waals surface area contributed by atoms with Crippen LogP contribution in [-0.2, 0) is 11.2 Å². The molecule has 1 N–H and O–H groups in total. The van der Waals surface area contributed by atoms with E-state index in [1.807, 2.05) is 60.4 Å². The summed E-state index contributed by atoms with van der Waals surface area (Å²) in [6.07, 6.45) is 6.63. The van der Waals surface area contributed by atoms with Gasteiger partial charge < -0.3 is 14.6 Å². The highest BCUT2D eigenvalue weighted by Gasteiger charge is 2.24. The van der Waals surface area contributed by atoms with E-state index in [-0.39, 0.29) is 17.9 Å². The largest absolute Gasteiger partial charge is 0.441 e. The van der Waals surface area contributed by atoms with Crippen LogP contribution in [0.5, 0.6) is 0 Å². The number of anilines is 1. The molecule has 0 spiro atoms. The number of carbonyl (C=O) groups is 2. The van der Waals surface area contributed by atoms with Crippen LogP contribution >= 0.6 is 0 Å². The second-order valence-corrected chi connectivity index (χ2v) is 8.76. The number of carbonyl (C=O) groups excluding carboxylic acids is 2. The molecule has 0 bridgehead atoms. The SMILES string of the molecule is Cc1cc(C(=O)N2CCCCC2C)ccc1NC(=O)CCCc1ncc(-c2ccccc2)o1. The zero-order chi connectivity index (χ0) is 23.2. The number of amides is 2. The molecule has 0 saturated carbocycles. The van der Waals surface area contributed by atoms with Crippen molar-refractivity contribution in [3.63, 3.8) is 0 Å². The van der Waals surface area contributed by atoms with E-state index in [2.05, 4.69) is 17.2 Å². The highest BCUT2D eigenvalue weighted by atomic mass is 16.4. The van der Waals surface area contributed by atoms with E-state index in [4.69, 9.17) is 4.42 Å². The van der Waals surface area contributed by atoms with E-state index in [1.54, 1.807) is 6.20 Å². The summed E-state index contributed by atoms with van der Waals surface area (Å²) in [6.45, 7) is 4.85. The van der Waals surface area contributed by atoms with Crippen molar-refractivity contribution < 1.29 is 14.0 Å². The minimum Gasteiger partial charge on any atom is -0.441 e. The Balaban J connectivity index is 1.28. The van der Waals surface area contributed by atoms with Crippen LogP contribution < -0.4 is 5.32 Å². The number of nitrogens with zero attached hydrogens (tertiary/aromatic N) is 2. The molecule has 1 fully saturated rings. The second kappa shape index (κ2) is 10.5. The Bertz CT molecular complexity index is 1110. The monoisotopic (exact) mass is 445 g/mol. The van der Waals surface area contributed by atoms with Gasteiger partial charge in [-0.3, -0.25) is 9.59 Å². The number of aryl methyl sites for hydroxylation is 2. The maximum Gasteiger partial charge on any atom is 0.254 e. The maximum atomic E-state index is 12.9. The first-order chi connectivity index (χ1) is 16.0. The molecule has 2 amide bonds. The molecule has 172 valence electrons. The third kappa shape index (κ3) is 5.69. The van der Waals surface area contributed by atoms with Crippen molar-refractivity contribution in [1.29, 1.82) is 0 Å².